The van der Waals surface area contributed by atoms with Crippen molar-refractivity contribution in [2.24, 2.45) is 5.10 Å². The number of nitrogens with zero attached hydrogens (tertiary/aromatic N) is 3. The Morgan fingerprint density at radius 1 is 1.29 bits per heavy atom. The molecule has 5 nitrogen and oxygen atoms in total. The van der Waals surface area contributed by atoms with Crippen LogP contribution in [0.4, 0.5) is 4.39 Å². The van der Waals surface area contributed by atoms with Crippen molar-refractivity contribution in [3.8, 4) is 5.75 Å². The predicted molar refractivity (Wildman–Crippen MR) is 92.3 cm³/mol. The lowest BCUT2D eigenvalue weighted by Gasteiger charge is -2.06. The summed E-state index contributed by atoms with van der Waals surface area (Å²) in [4.78, 5) is 0. The number of aromatic amines is 1. The summed E-state index contributed by atoms with van der Waals surface area (Å²) in [5.74, 6) is 1.12. The first kappa shape index (κ1) is 16.1. The normalized spacial score (nSPS) is 11.1. The summed E-state index contributed by atoms with van der Waals surface area (Å²) in [6.45, 7) is 2.13. The number of aromatic nitrogens is 3. The van der Waals surface area contributed by atoms with Crippen LogP contribution in [0, 0.1) is 17.5 Å². The molecular weight excluding hydrogens is 327 g/mol. The summed E-state index contributed by atoms with van der Waals surface area (Å²) in [6, 6.07) is 13.8. The Kier molecular flexibility index (Phi) is 4.81. The van der Waals surface area contributed by atoms with Crippen LogP contribution in [0.2, 0.25) is 0 Å². The molecule has 122 valence electrons. The van der Waals surface area contributed by atoms with Crippen molar-refractivity contribution in [2.45, 2.75) is 13.5 Å². The number of halogens is 1. The van der Waals surface area contributed by atoms with Crippen LogP contribution in [-0.2, 0) is 6.61 Å². The minimum absolute atomic E-state index is 0.268. The smallest absolute Gasteiger partial charge is 0.216 e. The van der Waals surface area contributed by atoms with Gasteiger partial charge in [-0.25, -0.2) is 4.39 Å². The third kappa shape index (κ3) is 3.94. The quantitative estimate of drug-likeness (QED) is 0.566. The number of benzene rings is 2. The Morgan fingerprint density at radius 3 is 2.75 bits per heavy atom. The van der Waals surface area contributed by atoms with Crippen molar-refractivity contribution >= 4 is 18.4 Å². The molecule has 0 unspecified atom stereocenters. The van der Waals surface area contributed by atoms with Crippen molar-refractivity contribution in [3.63, 3.8) is 0 Å². The van der Waals surface area contributed by atoms with Crippen LogP contribution in [0.3, 0.4) is 0 Å². The molecule has 0 fully saturated rings. The summed E-state index contributed by atoms with van der Waals surface area (Å²) < 4.78 is 20.7. The summed E-state index contributed by atoms with van der Waals surface area (Å²) in [5, 5.41) is 10.9. The minimum Gasteiger partial charge on any atom is -0.489 e. The van der Waals surface area contributed by atoms with E-state index in [4.69, 9.17) is 17.0 Å². The highest BCUT2D eigenvalue weighted by molar-refractivity contribution is 7.71. The van der Waals surface area contributed by atoms with E-state index in [2.05, 4.69) is 15.3 Å². The highest BCUT2D eigenvalue weighted by Gasteiger charge is 1.99. The highest BCUT2D eigenvalue weighted by atomic mass is 32.1. The van der Waals surface area contributed by atoms with Gasteiger partial charge in [0, 0.05) is 0 Å². The zero-order valence-electron chi connectivity index (χ0n) is 12.9. The fourth-order valence-electron chi connectivity index (χ4n) is 2.07. The second-order valence-electron chi connectivity index (χ2n) is 5.12. The Hall–Kier alpha value is -2.80. The molecule has 0 amide bonds. The van der Waals surface area contributed by atoms with Crippen molar-refractivity contribution in [3.05, 3.63) is 76.1 Å². The van der Waals surface area contributed by atoms with Gasteiger partial charge in [0.05, 0.1) is 6.21 Å². The molecule has 7 heteroatoms. The lowest BCUT2D eigenvalue weighted by atomic mass is 10.2. The second kappa shape index (κ2) is 7.18. The predicted octanol–water partition coefficient (Wildman–Crippen LogP) is 3.85. The molecular formula is C17H15FN4OS. The second-order valence-corrected chi connectivity index (χ2v) is 5.51. The van der Waals surface area contributed by atoms with E-state index in [-0.39, 0.29) is 5.82 Å². The Bertz CT molecular complexity index is 915. The molecule has 1 heterocycles. The van der Waals surface area contributed by atoms with Gasteiger partial charge in [0.1, 0.15) is 24.0 Å². The van der Waals surface area contributed by atoms with E-state index < -0.39 is 0 Å². The summed E-state index contributed by atoms with van der Waals surface area (Å²) in [6.07, 6.45) is 1.69. The zero-order valence-corrected chi connectivity index (χ0v) is 13.8. The molecule has 0 aliphatic rings. The van der Waals surface area contributed by atoms with Gasteiger partial charge in [-0.05, 0) is 66.7 Å². The third-order valence-corrected chi connectivity index (χ3v) is 3.57. The van der Waals surface area contributed by atoms with Gasteiger partial charge in [-0.15, -0.1) is 0 Å². The molecule has 1 aromatic heterocycles. The van der Waals surface area contributed by atoms with Gasteiger partial charge in [0.15, 0.2) is 0 Å². The maximum absolute atomic E-state index is 13.1. The Balaban J connectivity index is 1.64. The molecule has 0 aliphatic heterocycles. The van der Waals surface area contributed by atoms with E-state index >= 15 is 0 Å². The van der Waals surface area contributed by atoms with Crippen LogP contribution >= 0.6 is 12.2 Å². The van der Waals surface area contributed by atoms with E-state index in [1.807, 2.05) is 37.3 Å². The fourth-order valence-corrected chi connectivity index (χ4v) is 2.30. The number of rotatable bonds is 5. The van der Waals surface area contributed by atoms with E-state index in [0.29, 0.717) is 23.0 Å². The van der Waals surface area contributed by atoms with Crippen molar-refractivity contribution in [2.75, 3.05) is 0 Å². The molecule has 1 N–H and O–H groups in total. The van der Waals surface area contributed by atoms with E-state index in [1.54, 1.807) is 17.0 Å². The van der Waals surface area contributed by atoms with Gasteiger partial charge >= 0.3 is 0 Å². The summed E-state index contributed by atoms with van der Waals surface area (Å²) in [5.41, 5.74) is 1.68. The van der Waals surface area contributed by atoms with Crippen LogP contribution in [0.15, 0.2) is 53.6 Å². The maximum atomic E-state index is 13.1. The molecule has 0 spiro atoms. The molecule has 0 saturated heterocycles. The minimum atomic E-state index is -0.268. The summed E-state index contributed by atoms with van der Waals surface area (Å²) in [7, 11) is 0. The average molecular weight is 342 g/mol. The number of H-pyrrole nitrogens is 1. The van der Waals surface area contributed by atoms with Gasteiger partial charge in [-0.1, -0.05) is 12.1 Å². The maximum Gasteiger partial charge on any atom is 0.216 e. The monoisotopic (exact) mass is 342 g/mol. The molecule has 24 heavy (non-hydrogen) atoms. The Morgan fingerprint density at radius 2 is 2.08 bits per heavy atom. The largest absolute Gasteiger partial charge is 0.489 e. The molecule has 0 saturated carbocycles. The molecule has 3 rings (SSSR count). The molecule has 3 aromatic rings. The molecule has 0 aliphatic carbocycles. The van der Waals surface area contributed by atoms with Gasteiger partial charge < -0.3 is 4.74 Å². The number of hydrogen-bond donors (Lipinski definition) is 1. The molecule has 2 aromatic carbocycles. The van der Waals surface area contributed by atoms with Crippen molar-refractivity contribution in [1.29, 1.82) is 0 Å². The van der Waals surface area contributed by atoms with Crippen LogP contribution < -0.4 is 4.74 Å². The van der Waals surface area contributed by atoms with Gasteiger partial charge in [-0.2, -0.15) is 14.9 Å². The zero-order chi connectivity index (χ0) is 16.9. The van der Waals surface area contributed by atoms with Crippen LogP contribution in [0.5, 0.6) is 5.75 Å². The van der Waals surface area contributed by atoms with Gasteiger partial charge in [0.2, 0.25) is 4.77 Å². The molecule has 0 atom stereocenters. The lowest BCUT2D eigenvalue weighted by Crippen LogP contribution is -1.96. The standard InChI is InChI=1S/C17H15FN4OS/c1-12-20-21-17(24)22(12)19-10-13-5-7-16(8-6-13)23-11-14-3-2-4-15(18)9-14/h2-10H,11H2,1H3,(H,21,24)/b19-10-. The SMILES string of the molecule is Cc1n[nH]c(=S)n1/N=C\c1ccc(OCc2cccc(F)c2)cc1. The Labute approximate surface area is 143 Å². The first-order valence-electron chi connectivity index (χ1n) is 7.27. The van der Waals surface area contributed by atoms with Gasteiger partial charge in [0.25, 0.3) is 0 Å². The molecule has 0 radical (unpaired) electrons. The van der Waals surface area contributed by atoms with E-state index in [0.717, 1.165) is 11.1 Å². The van der Waals surface area contributed by atoms with Gasteiger partial charge in [-0.3, -0.25) is 5.10 Å². The first-order valence-corrected chi connectivity index (χ1v) is 7.68. The number of hydrogen-bond acceptors (Lipinski definition) is 4. The number of nitrogens with one attached hydrogen (secondary N) is 1. The van der Waals surface area contributed by atoms with Crippen molar-refractivity contribution in [1.82, 2.24) is 14.9 Å². The fraction of sp³-hybridized carbons (Fsp3) is 0.118. The lowest BCUT2D eigenvalue weighted by molar-refractivity contribution is 0.305. The third-order valence-electron chi connectivity index (χ3n) is 3.31. The summed E-state index contributed by atoms with van der Waals surface area (Å²) >= 11 is 5.08. The van der Waals surface area contributed by atoms with Crippen LogP contribution in [-0.4, -0.2) is 21.1 Å². The number of ether oxygens (including phenoxy) is 1. The molecule has 0 bridgehead atoms. The van der Waals surface area contributed by atoms with E-state index in [1.165, 1.54) is 12.1 Å². The van der Waals surface area contributed by atoms with Crippen LogP contribution in [0.1, 0.15) is 17.0 Å². The highest BCUT2D eigenvalue weighted by Crippen LogP contribution is 2.14. The van der Waals surface area contributed by atoms with E-state index in [9.17, 15) is 4.39 Å². The first-order chi connectivity index (χ1) is 11.6. The topological polar surface area (TPSA) is 55.2 Å². The average Bonchev–Trinajstić information content (AvgIpc) is 2.90. The number of aryl methyl sites for hydroxylation is 1. The van der Waals surface area contributed by atoms with Crippen molar-refractivity contribution < 1.29 is 9.13 Å². The van der Waals surface area contributed by atoms with Crippen LogP contribution in [0.25, 0.3) is 0 Å².